The summed E-state index contributed by atoms with van der Waals surface area (Å²) in [4.78, 5) is 19.4. The zero-order valence-electron chi connectivity index (χ0n) is 21.1. The Balaban J connectivity index is 1.42. The average Bonchev–Trinajstić information content (AvgIpc) is 2.90. The van der Waals surface area contributed by atoms with Gasteiger partial charge in [-0.2, -0.15) is 0 Å². The van der Waals surface area contributed by atoms with Crippen molar-refractivity contribution in [2.75, 3.05) is 69.0 Å². The molecule has 0 aliphatic carbocycles. The van der Waals surface area contributed by atoms with Crippen molar-refractivity contribution in [3.05, 3.63) is 84.2 Å². The number of carbonyl (C=O) groups is 1. The topological polar surface area (TPSA) is 60.1 Å². The van der Waals surface area contributed by atoms with Gasteiger partial charge in [0.15, 0.2) is 0 Å². The fourth-order valence-electron chi connectivity index (χ4n) is 4.44. The second-order valence-electron chi connectivity index (χ2n) is 9.06. The van der Waals surface area contributed by atoms with Crippen LogP contribution >= 0.6 is 0 Å². The van der Waals surface area contributed by atoms with Crippen LogP contribution in [0.25, 0.3) is 0 Å². The number of piperazine rings is 1. The summed E-state index contributed by atoms with van der Waals surface area (Å²) in [5.74, 6) is 0.514. The molecule has 1 saturated heterocycles. The molecule has 1 unspecified atom stereocenters. The minimum Gasteiger partial charge on any atom is -0.497 e. The largest absolute Gasteiger partial charge is 0.497 e. The highest BCUT2D eigenvalue weighted by molar-refractivity contribution is 5.89. The van der Waals surface area contributed by atoms with Crippen LogP contribution in [-0.4, -0.2) is 64.9 Å². The van der Waals surface area contributed by atoms with Crippen LogP contribution in [0.5, 0.6) is 5.75 Å². The molecule has 0 radical (unpaired) electrons. The zero-order chi connectivity index (χ0) is 25.5. The van der Waals surface area contributed by atoms with Gasteiger partial charge in [-0.05, 0) is 66.2 Å². The van der Waals surface area contributed by atoms with E-state index >= 15 is 0 Å². The molecule has 1 aliphatic heterocycles. The number of benzene rings is 3. The number of hydrogen-bond acceptors (Lipinski definition) is 5. The number of hydrogen-bond donors (Lipinski definition) is 2. The van der Waals surface area contributed by atoms with Gasteiger partial charge in [0.2, 0.25) is 0 Å². The van der Waals surface area contributed by atoms with Crippen LogP contribution in [-0.2, 0) is 0 Å². The number of anilines is 3. The van der Waals surface area contributed by atoms with Gasteiger partial charge in [-0.3, -0.25) is 4.90 Å². The van der Waals surface area contributed by atoms with Crippen molar-refractivity contribution in [3.63, 3.8) is 0 Å². The molecule has 190 valence electrons. The van der Waals surface area contributed by atoms with Gasteiger partial charge >= 0.3 is 6.03 Å². The van der Waals surface area contributed by atoms with Gasteiger partial charge in [-0.25, -0.2) is 9.18 Å². The second-order valence-corrected chi connectivity index (χ2v) is 9.06. The molecule has 36 heavy (non-hydrogen) atoms. The van der Waals surface area contributed by atoms with E-state index in [2.05, 4.69) is 49.6 Å². The third-order valence-corrected chi connectivity index (χ3v) is 6.54. The first-order chi connectivity index (χ1) is 17.4. The van der Waals surface area contributed by atoms with Gasteiger partial charge in [-0.1, -0.05) is 12.1 Å². The van der Waals surface area contributed by atoms with Crippen LogP contribution < -0.4 is 25.2 Å². The molecule has 3 aromatic carbocycles. The van der Waals surface area contributed by atoms with Crippen molar-refractivity contribution < 1.29 is 13.9 Å². The second kappa shape index (κ2) is 11.8. The van der Waals surface area contributed by atoms with Crippen LogP contribution in [0.4, 0.5) is 26.2 Å². The molecule has 1 aliphatic rings. The molecule has 1 heterocycles. The van der Waals surface area contributed by atoms with Gasteiger partial charge in [0.1, 0.15) is 11.6 Å². The predicted octanol–water partition coefficient (Wildman–Crippen LogP) is 4.59. The smallest absolute Gasteiger partial charge is 0.319 e. The van der Waals surface area contributed by atoms with Crippen molar-refractivity contribution >= 4 is 23.1 Å². The summed E-state index contributed by atoms with van der Waals surface area (Å²) in [5, 5.41) is 5.94. The van der Waals surface area contributed by atoms with E-state index in [9.17, 15) is 9.18 Å². The summed E-state index contributed by atoms with van der Waals surface area (Å²) in [6.07, 6.45) is 0. The molecule has 2 N–H and O–H groups in total. The fourth-order valence-corrected chi connectivity index (χ4v) is 4.44. The van der Waals surface area contributed by atoms with Crippen molar-refractivity contribution in [3.8, 4) is 5.75 Å². The molecule has 0 spiro atoms. The molecule has 1 atom stereocenters. The Bertz CT molecular complexity index is 1110. The highest BCUT2D eigenvalue weighted by Gasteiger charge is 2.26. The molecule has 4 rings (SSSR count). The number of nitrogens with zero attached hydrogens (tertiary/aromatic N) is 3. The number of carbonyl (C=O) groups excluding carboxylic acids is 1. The summed E-state index contributed by atoms with van der Waals surface area (Å²) in [5.41, 5.74) is 4.01. The van der Waals surface area contributed by atoms with E-state index < -0.39 is 0 Å². The van der Waals surface area contributed by atoms with Crippen LogP contribution in [0.15, 0.2) is 72.8 Å². The molecule has 0 bridgehead atoms. The molecule has 0 aromatic heterocycles. The Hall–Kier alpha value is -3.78. The monoisotopic (exact) mass is 491 g/mol. The number of ether oxygens (including phenoxy) is 1. The van der Waals surface area contributed by atoms with Crippen LogP contribution in [0.3, 0.4) is 0 Å². The van der Waals surface area contributed by atoms with E-state index in [1.807, 2.05) is 50.5 Å². The van der Waals surface area contributed by atoms with Crippen molar-refractivity contribution in [1.29, 1.82) is 0 Å². The van der Waals surface area contributed by atoms with Crippen molar-refractivity contribution in [2.45, 2.75) is 6.04 Å². The molecule has 7 nitrogen and oxygen atoms in total. The van der Waals surface area contributed by atoms with Gasteiger partial charge in [0, 0.05) is 63.9 Å². The van der Waals surface area contributed by atoms with Gasteiger partial charge in [-0.15, -0.1) is 0 Å². The summed E-state index contributed by atoms with van der Waals surface area (Å²) < 4.78 is 18.5. The molecule has 0 saturated carbocycles. The molecule has 2 amide bonds. The standard InChI is InChI=1S/C28H34FN5O2/c1-32(2)24-10-4-21(5-11-24)27(20-30-28(35)31-23-8-14-26(36-3)15-9-23)34-18-16-33(17-19-34)25-12-6-22(29)7-13-25/h4-15,27H,16-20H2,1-3H3,(H2,30,31,35). The van der Waals surface area contributed by atoms with E-state index in [-0.39, 0.29) is 17.9 Å². The molecule has 1 fully saturated rings. The number of amides is 2. The van der Waals surface area contributed by atoms with Crippen LogP contribution in [0.2, 0.25) is 0 Å². The quantitative estimate of drug-likeness (QED) is 0.483. The molecule has 8 heteroatoms. The van der Waals surface area contributed by atoms with E-state index in [1.165, 1.54) is 12.1 Å². The van der Waals surface area contributed by atoms with Gasteiger partial charge in [0.25, 0.3) is 0 Å². The number of nitrogens with one attached hydrogen (secondary N) is 2. The first-order valence-electron chi connectivity index (χ1n) is 12.1. The first-order valence-corrected chi connectivity index (χ1v) is 12.1. The molecular formula is C28H34FN5O2. The van der Waals surface area contributed by atoms with Crippen molar-refractivity contribution in [1.82, 2.24) is 10.2 Å². The predicted molar refractivity (Wildman–Crippen MR) is 144 cm³/mol. The summed E-state index contributed by atoms with van der Waals surface area (Å²) in [7, 11) is 5.65. The molecular weight excluding hydrogens is 457 g/mol. The maximum Gasteiger partial charge on any atom is 0.319 e. The summed E-state index contributed by atoms with van der Waals surface area (Å²) >= 11 is 0. The Labute approximate surface area is 212 Å². The fraction of sp³-hybridized carbons (Fsp3) is 0.321. The number of halogens is 1. The van der Waals surface area contributed by atoms with Crippen molar-refractivity contribution in [2.24, 2.45) is 0 Å². The highest BCUT2D eigenvalue weighted by Crippen LogP contribution is 2.26. The third-order valence-electron chi connectivity index (χ3n) is 6.54. The third kappa shape index (κ3) is 6.46. The van der Waals surface area contributed by atoms with E-state index in [0.29, 0.717) is 12.2 Å². The SMILES string of the molecule is COc1ccc(NC(=O)NCC(c2ccc(N(C)C)cc2)N2CCN(c3ccc(F)cc3)CC2)cc1. The number of urea groups is 1. The minimum atomic E-state index is -0.250. The van der Waals surface area contributed by atoms with Gasteiger partial charge < -0.3 is 25.2 Å². The van der Waals surface area contributed by atoms with Crippen LogP contribution in [0.1, 0.15) is 11.6 Å². The zero-order valence-corrected chi connectivity index (χ0v) is 21.1. The molecule has 3 aromatic rings. The van der Waals surface area contributed by atoms with E-state index in [0.717, 1.165) is 48.9 Å². The first kappa shape index (κ1) is 25.3. The summed E-state index contributed by atoms with van der Waals surface area (Å²) in [6.45, 7) is 3.80. The average molecular weight is 492 g/mol. The van der Waals surface area contributed by atoms with E-state index in [4.69, 9.17) is 4.74 Å². The normalized spacial score (nSPS) is 14.7. The lowest BCUT2D eigenvalue weighted by Gasteiger charge is -2.40. The Kier molecular flexibility index (Phi) is 8.28. The Morgan fingerprint density at radius 1 is 0.944 bits per heavy atom. The van der Waals surface area contributed by atoms with Gasteiger partial charge in [0.05, 0.1) is 13.2 Å². The van der Waals surface area contributed by atoms with Crippen LogP contribution in [0, 0.1) is 5.82 Å². The minimum absolute atomic E-state index is 0.0261. The number of methoxy groups -OCH3 is 1. The maximum atomic E-state index is 13.3. The number of rotatable bonds is 8. The highest BCUT2D eigenvalue weighted by atomic mass is 19.1. The maximum absolute atomic E-state index is 13.3. The lowest BCUT2D eigenvalue weighted by molar-refractivity contribution is 0.182. The lowest BCUT2D eigenvalue weighted by Crippen LogP contribution is -2.50. The Morgan fingerprint density at radius 2 is 1.58 bits per heavy atom. The summed E-state index contributed by atoms with van der Waals surface area (Å²) in [6, 6.07) is 22.2. The van der Waals surface area contributed by atoms with E-state index in [1.54, 1.807) is 7.11 Å². The Morgan fingerprint density at radius 3 is 2.17 bits per heavy atom. The lowest BCUT2D eigenvalue weighted by atomic mass is 10.0.